The van der Waals surface area contributed by atoms with E-state index in [2.05, 4.69) is 5.32 Å². The molecule has 0 aromatic rings. The van der Waals surface area contributed by atoms with Crippen LogP contribution in [0.3, 0.4) is 0 Å². The van der Waals surface area contributed by atoms with Crippen molar-refractivity contribution in [2.45, 2.75) is 18.2 Å². The zero-order valence-corrected chi connectivity index (χ0v) is 9.21. The topological polar surface area (TPSA) is 38.3 Å². The quantitative estimate of drug-likeness (QED) is 0.737. The molecule has 0 saturated carbocycles. The molecule has 1 rings (SSSR count). The van der Waals surface area contributed by atoms with Gasteiger partial charge >= 0.3 is 0 Å². The lowest BCUT2D eigenvalue weighted by Gasteiger charge is -2.38. The van der Waals surface area contributed by atoms with E-state index in [1.807, 2.05) is 6.92 Å². The number of amides is 1. The number of alkyl halides is 2. The number of hydrogen-bond donors (Lipinski definition) is 1. The van der Waals surface area contributed by atoms with Crippen molar-refractivity contribution >= 4 is 29.1 Å². The molecule has 1 amide bonds. The second kappa shape index (κ2) is 3.64. The fourth-order valence-electron chi connectivity index (χ4n) is 1.00. The summed E-state index contributed by atoms with van der Waals surface area (Å²) in [4.78, 5) is 11.2. The van der Waals surface area contributed by atoms with Gasteiger partial charge in [-0.2, -0.15) is 0 Å². The van der Waals surface area contributed by atoms with Crippen molar-refractivity contribution in [3.05, 3.63) is 0 Å². The van der Waals surface area contributed by atoms with Crippen LogP contribution in [0.25, 0.3) is 0 Å². The molecule has 1 aliphatic rings. The molecule has 0 aromatic heterocycles. The maximum absolute atomic E-state index is 11.2. The van der Waals surface area contributed by atoms with Crippen molar-refractivity contribution in [1.29, 1.82) is 0 Å². The standard InChI is InChI=1S/C8H13Cl2NO2/c1-7(4-13-5-7)3-11-6(12)8(2,9)10/h3-5H2,1-2H3,(H,11,12). The van der Waals surface area contributed by atoms with Crippen LogP contribution in [0, 0.1) is 5.41 Å². The van der Waals surface area contributed by atoms with E-state index in [9.17, 15) is 4.79 Å². The van der Waals surface area contributed by atoms with Crippen molar-refractivity contribution in [1.82, 2.24) is 5.32 Å². The van der Waals surface area contributed by atoms with Crippen LogP contribution in [0.15, 0.2) is 0 Å². The summed E-state index contributed by atoms with van der Waals surface area (Å²) in [6.45, 7) is 5.39. The maximum atomic E-state index is 11.2. The summed E-state index contributed by atoms with van der Waals surface area (Å²) in [7, 11) is 0. The Bertz CT molecular complexity index is 209. The summed E-state index contributed by atoms with van der Waals surface area (Å²) in [5.41, 5.74) is 0.0503. The predicted molar refractivity (Wildman–Crippen MR) is 52.0 cm³/mol. The third kappa shape index (κ3) is 3.01. The van der Waals surface area contributed by atoms with E-state index >= 15 is 0 Å². The first-order valence-electron chi connectivity index (χ1n) is 4.07. The third-order valence-corrected chi connectivity index (χ3v) is 2.32. The van der Waals surface area contributed by atoms with Crippen molar-refractivity contribution in [2.75, 3.05) is 19.8 Å². The Morgan fingerprint density at radius 1 is 1.62 bits per heavy atom. The van der Waals surface area contributed by atoms with Gasteiger partial charge in [0.05, 0.1) is 13.2 Å². The van der Waals surface area contributed by atoms with Crippen molar-refractivity contribution < 1.29 is 9.53 Å². The highest BCUT2D eigenvalue weighted by atomic mass is 35.5. The molecule has 13 heavy (non-hydrogen) atoms. The van der Waals surface area contributed by atoms with Gasteiger partial charge in [-0.05, 0) is 6.92 Å². The van der Waals surface area contributed by atoms with E-state index in [1.165, 1.54) is 6.92 Å². The summed E-state index contributed by atoms with van der Waals surface area (Å²) >= 11 is 11.2. The van der Waals surface area contributed by atoms with E-state index in [4.69, 9.17) is 27.9 Å². The van der Waals surface area contributed by atoms with E-state index < -0.39 is 4.33 Å². The number of carbonyl (C=O) groups is 1. The highest BCUT2D eigenvalue weighted by Crippen LogP contribution is 2.26. The van der Waals surface area contributed by atoms with Gasteiger partial charge in [0.1, 0.15) is 0 Å². The number of carbonyl (C=O) groups excluding carboxylic acids is 1. The van der Waals surface area contributed by atoms with Crippen molar-refractivity contribution in [3.8, 4) is 0 Å². The lowest BCUT2D eigenvalue weighted by atomic mass is 9.89. The molecule has 0 radical (unpaired) electrons. The van der Waals surface area contributed by atoms with Crippen molar-refractivity contribution in [3.63, 3.8) is 0 Å². The van der Waals surface area contributed by atoms with Crippen LogP contribution >= 0.6 is 23.2 Å². The van der Waals surface area contributed by atoms with Gasteiger partial charge in [0.25, 0.3) is 5.91 Å². The van der Waals surface area contributed by atoms with Gasteiger partial charge in [-0.3, -0.25) is 4.79 Å². The van der Waals surface area contributed by atoms with E-state index in [0.717, 1.165) is 0 Å². The molecule has 1 fully saturated rings. The SMILES string of the molecule is CC1(CNC(=O)C(C)(Cl)Cl)COC1. The second-order valence-corrected chi connectivity index (χ2v) is 5.58. The first kappa shape index (κ1) is 11.1. The molecule has 0 aromatic carbocycles. The van der Waals surface area contributed by atoms with E-state index in [0.29, 0.717) is 19.8 Å². The van der Waals surface area contributed by atoms with Gasteiger partial charge in [-0.25, -0.2) is 0 Å². The highest BCUT2D eigenvalue weighted by molar-refractivity contribution is 6.57. The Kier molecular flexibility index (Phi) is 3.10. The van der Waals surface area contributed by atoms with E-state index in [-0.39, 0.29) is 11.3 Å². The van der Waals surface area contributed by atoms with Gasteiger partial charge in [0.2, 0.25) is 0 Å². The zero-order valence-electron chi connectivity index (χ0n) is 7.69. The molecular weight excluding hydrogens is 213 g/mol. The van der Waals surface area contributed by atoms with Crippen LogP contribution in [-0.2, 0) is 9.53 Å². The minimum absolute atomic E-state index is 0.0503. The molecule has 1 aliphatic heterocycles. The van der Waals surface area contributed by atoms with Gasteiger partial charge in [-0.15, -0.1) is 0 Å². The molecule has 1 N–H and O–H groups in total. The lowest BCUT2D eigenvalue weighted by Crippen LogP contribution is -2.50. The van der Waals surface area contributed by atoms with Crippen LogP contribution in [0.1, 0.15) is 13.8 Å². The summed E-state index contributed by atoms with van der Waals surface area (Å²) in [5, 5.41) is 2.68. The normalized spacial score (nSPS) is 20.6. The smallest absolute Gasteiger partial charge is 0.256 e. The number of ether oxygens (including phenoxy) is 1. The van der Waals surface area contributed by atoms with E-state index in [1.54, 1.807) is 0 Å². The van der Waals surface area contributed by atoms with Gasteiger partial charge in [0.15, 0.2) is 4.33 Å². The molecule has 1 heterocycles. The Morgan fingerprint density at radius 3 is 2.46 bits per heavy atom. The monoisotopic (exact) mass is 225 g/mol. The fourth-order valence-corrected chi connectivity index (χ4v) is 1.14. The number of nitrogens with one attached hydrogen (secondary N) is 1. The number of hydrogen-bond acceptors (Lipinski definition) is 2. The largest absolute Gasteiger partial charge is 0.380 e. The summed E-state index contributed by atoms with van der Waals surface area (Å²) in [6.07, 6.45) is 0. The minimum atomic E-state index is -1.35. The van der Waals surface area contributed by atoms with Crippen LogP contribution in [0.5, 0.6) is 0 Å². The highest BCUT2D eigenvalue weighted by Gasteiger charge is 2.35. The molecular formula is C8H13Cl2NO2. The van der Waals surface area contributed by atoms with Crippen LogP contribution in [0.2, 0.25) is 0 Å². The van der Waals surface area contributed by atoms with Crippen molar-refractivity contribution in [2.24, 2.45) is 5.41 Å². The third-order valence-electron chi connectivity index (χ3n) is 1.98. The van der Waals surface area contributed by atoms with Crippen LogP contribution in [-0.4, -0.2) is 30.0 Å². The second-order valence-electron chi connectivity index (χ2n) is 3.87. The van der Waals surface area contributed by atoms with Gasteiger partial charge in [0, 0.05) is 12.0 Å². The first-order chi connectivity index (χ1) is 5.83. The Balaban J connectivity index is 2.30. The number of halogens is 2. The van der Waals surface area contributed by atoms with Crippen LogP contribution < -0.4 is 5.32 Å². The first-order valence-corrected chi connectivity index (χ1v) is 4.83. The molecule has 5 heteroatoms. The average molecular weight is 226 g/mol. The number of rotatable bonds is 3. The Labute approximate surface area is 87.7 Å². The Morgan fingerprint density at radius 2 is 2.15 bits per heavy atom. The molecule has 0 atom stereocenters. The molecule has 76 valence electrons. The lowest BCUT2D eigenvalue weighted by molar-refractivity contribution is -0.127. The minimum Gasteiger partial charge on any atom is -0.380 e. The molecule has 0 unspecified atom stereocenters. The molecule has 0 spiro atoms. The van der Waals surface area contributed by atoms with Gasteiger partial charge < -0.3 is 10.1 Å². The average Bonchev–Trinajstić information content (AvgIpc) is 1.94. The fraction of sp³-hybridized carbons (Fsp3) is 0.875. The van der Waals surface area contributed by atoms with Gasteiger partial charge in [-0.1, -0.05) is 30.1 Å². The summed E-state index contributed by atoms with van der Waals surface area (Å²) < 4.78 is 3.69. The maximum Gasteiger partial charge on any atom is 0.256 e. The zero-order chi connectivity index (χ0) is 10.1. The Hall–Kier alpha value is 0.01000. The summed E-state index contributed by atoms with van der Waals surface area (Å²) in [5.74, 6) is -0.357. The molecule has 0 bridgehead atoms. The predicted octanol–water partition coefficient (Wildman–Crippen LogP) is 1.33. The molecule has 3 nitrogen and oxygen atoms in total. The van der Waals surface area contributed by atoms with Crippen LogP contribution in [0.4, 0.5) is 0 Å². The molecule has 1 saturated heterocycles. The molecule has 0 aliphatic carbocycles. The summed E-state index contributed by atoms with van der Waals surface area (Å²) in [6, 6.07) is 0.